The molecule has 0 saturated carbocycles. The molecule has 0 aliphatic heterocycles. The predicted octanol–water partition coefficient (Wildman–Crippen LogP) is 0.206. The van der Waals surface area contributed by atoms with Gasteiger partial charge in [0.15, 0.2) is 0 Å². The van der Waals surface area contributed by atoms with E-state index >= 15 is 0 Å². The van der Waals surface area contributed by atoms with Gasteiger partial charge in [0.05, 0.1) is 0 Å². The number of benzene rings is 1. The van der Waals surface area contributed by atoms with Crippen LogP contribution in [0.5, 0.6) is 0 Å². The average molecular weight is 389 g/mol. The van der Waals surface area contributed by atoms with Crippen molar-refractivity contribution in [1.82, 2.24) is 0 Å². The Hall–Kier alpha value is -0.467. The van der Waals surface area contributed by atoms with Crippen molar-refractivity contribution in [3.63, 3.8) is 0 Å². The first-order chi connectivity index (χ1) is 6.43. The van der Waals surface area contributed by atoms with E-state index in [2.05, 4.69) is 0 Å². The minimum atomic E-state index is -1.18. The van der Waals surface area contributed by atoms with Gasteiger partial charge in [-0.05, 0) is 0 Å². The minimum absolute atomic E-state index is 0.370. The Morgan fingerprint density at radius 1 is 1.57 bits per heavy atom. The van der Waals surface area contributed by atoms with Crippen LogP contribution in [0.1, 0.15) is 12.5 Å². The van der Waals surface area contributed by atoms with E-state index in [1.807, 2.05) is 24.3 Å². The number of hydrogen-bond acceptors (Lipinski definition) is 2. The molecule has 1 rings (SSSR count). The fourth-order valence-corrected chi connectivity index (χ4v) is 1.90. The molecule has 0 bridgehead atoms. The summed E-state index contributed by atoms with van der Waals surface area (Å²) in [6, 6.07) is 7.73. The van der Waals surface area contributed by atoms with Crippen LogP contribution in [0.4, 0.5) is 0 Å². The predicted molar refractivity (Wildman–Crippen MR) is 50.0 cm³/mol. The second-order valence-electron chi connectivity index (χ2n) is 3.49. The summed E-state index contributed by atoms with van der Waals surface area (Å²) in [5.74, 6) is -0.965. The van der Waals surface area contributed by atoms with Gasteiger partial charge in [-0.15, -0.1) is 0 Å². The molecular formula is C10H12AtNO2. The summed E-state index contributed by atoms with van der Waals surface area (Å²) < 4.78 is 1.13. The molecule has 3 nitrogen and oxygen atoms in total. The van der Waals surface area contributed by atoms with E-state index in [1.165, 1.54) is 31.6 Å². The monoisotopic (exact) mass is 389 g/mol. The van der Waals surface area contributed by atoms with Crippen molar-refractivity contribution >= 4 is 9.24 Å². The van der Waals surface area contributed by atoms with Crippen LogP contribution >= 0.6 is 0 Å². The van der Waals surface area contributed by atoms with Crippen molar-refractivity contribution in [3.05, 3.63) is 29.8 Å². The van der Waals surface area contributed by atoms with Gasteiger partial charge in [-0.3, -0.25) is 0 Å². The molecule has 76 valence electrons. The zero-order chi connectivity index (χ0) is 10.8. The summed E-state index contributed by atoms with van der Waals surface area (Å²) in [7, 11) is 0. The third-order valence-corrected chi connectivity index (χ3v) is 3.44. The maximum absolute atomic E-state index is 10.8. The van der Waals surface area contributed by atoms with Crippen LogP contribution in [-0.4, -0.2) is 16.6 Å². The molecule has 14 heavy (non-hydrogen) atoms. The molecule has 0 heterocycles. The van der Waals surface area contributed by atoms with Gasteiger partial charge >= 0.3 is 98.3 Å². The van der Waals surface area contributed by atoms with Gasteiger partial charge in [-0.2, -0.15) is 0 Å². The molecule has 0 aliphatic carbocycles. The summed E-state index contributed by atoms with van der Waals surface area (Å²) in [6.45, 7) is 1.54. The summed E-state index contributed by atoms with van der Waals surface area (Å²) in [5, 5.41) is 8.87. The Kier molecular flexibility index (Phi) is 3.62. The van der Waals surface area contributed by atoms with Gasteiger partial charge in [0.1, 0.15) is 0 Å². The first-order valence-electron chi connectivity index (χ1n) is 4.19. The molecule has 0 spiro atoms. The fourth-order valence-electron chi connectivity index (χ4n) is 1.11. The Bertz CT molecular complexity index is 350. The van der Waals surface area contributed by atoms with Gasteiger partial charge in [0.2, 0.25) is 0 Å². The Balaban J connectivity index is 2.89. The molecule has 0 unspecified atom stereocenters. The van der Waals surface area contributed by atoms with Crippen LogP contribution in [0.15, 0.2) is 24.3 Å². The van der Waals surface area contributed by atoms with Crippen molar-refractivity contribution in [1.29, 1.82) is 0 Å². The van der Waals surface area contributed by atoms with Gasteiger partial charge < -0.3 is 0 Å². The van der Waals surface area contributed by atoms with E-state index in [0.717, 1.165) is 8.83 Å². The third kappa shape index (κ3) is 2.76. The van der Waals surface area contributed by atoms with Crippen LogP contribution in [0.3, 0.4) is 0 Å². The second-order valence-corrected chi connectivity index (χ2v) is 5.07. The van der Waals surface area contributed by atoms with Gasteiger partial charge in [0.25, 0.3) is 0 Å². The standard InChI is InChI=1S/C10H12AtNO2/c1-10(12,9(13)14)6-7-4-2-3-5-8(7)11/h2-5H,6,12H2,1H3,(H,13,14)/t10-/m1/s1/i11+1. The molecule has 4 heteroatoms. The second kappa shape index (κ2) is 4.37. The van der Waals surface area contributed by atoms with Crippen LogP contribution in [-0.2, 0) is 11.2 Å². The molecule has 3 N–H and O–H groups in total. The van der Waals surface area contributed by atoms with Gasteiger partial charge in [0, 0.05) is 0 Å². The molecule has 1 aromatic carbocycles. The van der Waals surface area contributed by atoms with E-state index in [0.29, 0.717) is 6.42 Å². The molecule has 0 amide bonds. The Labute approximate surface area is 98.2 Å². The van der Waals surface area contributed by atoms with E-state index in [4.69, 9.17) is 10.8 Å². The van der Waals surface area contributed by atoms with Crippen LogP contribution in [0, 0.1) is 24.7 Å². The van der Waals surface area contributed by atoms with Crippen molar-refractivity contribution in [3.8, 4) is 0 Å². The first kappa shape index (κ1) is 11.6. The van der Waals surface area contributed by atoms with Crippen LogP contribution in [0.25, 0.3) is 0 Å². The molecular weight excluding hydrogens is 377 g/mol. The average Bonchev–Trinajstić information content (AvgIpc) is 2.08. The quantitative estimate of drug-likeness (QED) is 0.777. The molecule has 0 aromatic heterocycles. The fraction of sp³-hybridized carbons (Fsp3) is 0.300. The maximum atomic E-state index is 10.8. The number of nitrogens with two attached hydrogens (primary N) is 1. The molecule has 1 aromatic rings. The number of aliphatic carboxylic acids is 1. The Morgan fingerprint density at radius 3 is 2.64 bits per heavy atom. The van der Waals surface area contributed by atoms with Crippen molar-refractivity contribution in [2.45, 2.75) is 18.9 Å². The number of hydrogen-bond donors (Lipinski definition) is 2. The SMILES string of the molecule is C[C@@](N)(Cc1ccccc1[211At])C(=O)O. The summed E-state index contributed by atoms with van der Waals surface area (Å²) >= 11 is 1.54. The number of carboxylic acids is 1. The van der Waals surface area contributed by atoms with Crippen molar-refractivity contribution in [2.75, 3.05) is 0 Å². The molecule has 1 atom stereocenters. The molecule has 0 saturated heterocycles. The van der Waals surface area contributed by atoms with E-state index < -0.39 is 11.5 Å². The zero-order valence-corrected chi connectivity index (χ0v) is 10.8. The third-order valence-electron chi connectivity index (χ3n) is 2.00. The molecule has 0 aliphatic rings. The Morgan fingerprint density at radius 2 is 2.14 bits per heavy atom. The van der Waals surface area contributed by atoms with E-state index in [-0.39, 0.29) is 0 Å². The normalized spacial score (nSPS) is 14.8. The van der Waals surface area contributed by atoms with Crippen molar-refractivity contribution < 1.29 is 34.6 Å². The summed E-state index contributed by atoms with van der Waals surface area (Å²) in [4.78, 5) is 10.8. The van der Waals surface area contributed by atoms with Crippen LogP contribution in [0.2, 0.25) is 0 Å². The van der Waals surface area contributed by atoms with E-state index in [9.17, 15) is 4.79 Å². The molecule has 0 fully saturated rings. The van der Waals surface area contributed by atoms with Gasteiger partial charge in [-0.1, -0.05) is 0 Å². The van der Waals surface area contributed by atoms with E-state index in [1.54, 1.807) is 0 Å². The number of carboxylic acid groups (broad SMARTS) is 1. The number of rotatable bonds is 3. The molecule has 0 radical (unpaired) electrons. The van der Waals surface area contributed by atoms with Crippen molar-refractivity contribution in [2.24, 2.45) is 5.73 Å². The topological polar surface area (TPSA) is 63.3 Å². The first-order valence-corrected chi connectivity index (χ1v) is 5.66. The van der Waals surface area contributed by atoms with Crippen LogP contribution < -0.4 is 9.01 Å². The van der Waals surface area contributed by atoms with Gasteiger partial charge in [-0.25, -0.2) is 0 Å². The summed E-state index contributed by atoms with van der Waals surface area (Å²) in [6.07, 6.45) is 0.370. The summed E-state index contributed by atoms with van der Waals surface area (Å²) in [5.41, 5.74) is 5.50. The number of carbonyl (C=O) groups is 1. The zero-order valence-electron chi connectivity index (χ0n) is 7.83.